The van der Waals surface area contributed by atoms with Crippen LogP contribution in [0.2, 0.25) is 13.6 Å². The van der Waals surface area contributed by atoms with E-state index in [1.165, 1.54) is 0 Å². The minimum Gasteiger partial charge on any atom is -0.408 e. The van der Waals surface area contributed by atoms with E-state index in [4.69, 9.17) is 28.1 Å². The number of ether oxygens (including phenoxy) is 2. The Bertz CT molecular complexity index is 293. The first-order valence-electron chi connectivity index (χ1n) is 5.95. The normalized spacial score (nSPS) is 45.7. The lowest BCUT2D eigenvalue weighted by Crippen LogP contribution is -2.62. The Hall–Kier alpha value is -0.110. The first-order chi connectivity index (χ1) is 8.19. The van der Waals surface area contributed by atoms with E-state index < -0.39 is 6.29 Å². The molecule has 0 spiro atoms. The van der Waals surface area contributed by atoms with Crippen molar-refractivity contribution in [3.63, 3.8) is 0 Å². The van der Waals surface area contributed by atoms with Gasteiger partial charge in [-0.1, -0.05) is 0 Å². The van der Waals surface area contributed by atoms with Crippen LogP contribution in [-0.4, -0.2) is 58.7 Å². The van der Waals surface area contributed by atoms with E-state index in [9.17, 15) is 0 Å². The van der Waals surface area contributed by atoms with Gasteiger partial charge in [-0.05, 0) is 13.6 Å². The van der Waals surface area contributed by atoms with E-state index in [-0.39, 0.29) is 38.7 Å². The summed E-state index contributed by atoms with van der Waals surface area (Å²) < 4.78 is 33.6. The Morgan fingerprint density at radius 1 is 1.00 bits per heavy atom. The van der Waals surface area contributed by atoms with Crippen LogP contribution >= 0.6 is 0 Å². The van der Waals surface area contributed by atoms with Crippen LogP contribution in [0.5, 0.6) is 0 Å². The highest BCUT2D eigenvalue weighted by Gasteiger charge is 2.55. The fourth-order valence-corrected chi connectivity index (χ4v) is 2.63. The SMILES string of the molecule is CO[C@H]1O[C@@H]2COB(C)O[C@H]2[C@@H]2OB(C)O[C@H]12. The van der Waals surface area contributed by atoms with Crippen molar-refractivity contribution in [3.8, 4) is 0 Å². The Balaban J connectivity index is 1.80. The Morgan fingerprint density at radius 3 is 2.47 bits per heavy atom. The molecule has 17 heavy (non-hydrogen) atoms. The zero-order valence-corrected chi connectivity index (χ0v) is 10.2. The molecule has 0 aromatic carbocycles. The van der Waals surface area contributed by atoms with E-state index in [1.54, 1.807) is 7.11 Å². The summed E-state index contributed by atoms with van der Waals surface area (Å²) in [5, 5.41) is 0. The molecule has 0 radical (unpaired) electrons. The van der Waals surface area contributed by atoms with E-state index in [0.717, 1.165) is 0 Å². The largest absolute Gasteiger partial charge is 0.454 e. The first-order valence-corrected chi connectivity index (χ1v) is 5.95. The summed E-state index contributed by atoms with van der Waals surface area (Å²) in [7, 11) is 1.10. The number of methoxy groups -OCH3 is 1. The third-order valence-electron chi connectivity index (χ3n) is 3.37. The molecule has 5 atom stereocenters. The summed E-state index contributed by atoms with van der Waals surface area (Å²) in [4.78, 5) is 0. The van der Waals surface area contributed by atoms with Gasteiger partial charge in [0, 0.05) is 7.11 Å². The zero-order chi connectivity index (χ0) is 12.0. The second-order valence-corrected chi connectivity index (χ2v) is 4.55. The van der Waals surface area contributed by atoms with Gasteiger partial charge in [0.05, 0.1) is 18.8 Å². The van der Waals surface area contributed by atoms with Gasteiger partial charge < -0.3 is 28.1 Å². The van der Waals surface area contributed by atoms with Gasteiger partial charge in [-0.25, -0.2) is 0 Å². The smallest absolute Gasteiger partial charge is 0.408 e. The van der Waals surface area contributed by atoms with Crippen LogP contribution in [0, 0.1) is 0 Å². The molecule has 94 valence electrons. The van der Waals surface area contributed by atoms with Crippen LogP contribution in [0.3, 0.4) is 0 Å². The van der Waals surface area contributed by atoms with Crippen molar-refractivity contribution in [1.29, 1.82) is 0 Å². The van der Waals surface area contributed by atoms with Crippen molar-refractivity contribution in [2.45, 2.75) is 44.4 Å². The molecule has 0 bridgehead atoms. The number of fused-ring (bicyclic) bond motifs is 3. The third-order valence-corrected chi connectivity index (χ3v) is 3.37. The van der Waals surface area contributed by atoms with Crippen molar-refractivity contribution >= 4 is 14.2 Å². The average Bonchev–Trinajstić information content (AvgIpc) is 2.70. The summed E-state index contributed by atoms with van der Waals surface area (Å²) >= 11 is 0. The number of hydrogen-bond donors (Lipinski definition) is 0. The van der Waals surface area contributed by atoms with Gasteiger partial charge in [0.15, 0.2) is 6.29 Å². The fraction of sp³-hybridized carbons (Fsp3) is 1.00. The lowest BCUT2D eigenvalue weighted by molar-refractivity contribution is -0.276. The van der Waals surface area contributed by atoms with Gasteiger partial charge in [0.25, 0.3) is 0 Å². The lowest BCUT2D eigenvalue weighted by Gasteiger charge is -2.45. The molecule has 6 nitrogen and oxygen atoms in total. The topological polar surface area (TPSA) is 55.4 Å². The van der Waals surface area contributed by atoms with E-state index in [0.29, 0.717) is 6.61 Å². The molecule has 3 fully saturated rings. The molecule has 0 unspecified atom stereocenters. The Labute approximate surface area is 101 Å². The molecule has 3 aliphatic heterocycles. The van der Waals surface area contributed by atoms with Crippen LogP contribution in [0.4, 0.5) is 0 Å². The van der Waals surface area contributed by atoms with E-state index in [1.807, 2.05) is 13.6 Å². The maximum atomic E-state index is 5.77. The Kier molecular flexibility index (Phi) is 3.18. The van der Waals surface area contributed by atoms with E-state index in [2.05, 4.69) is 0 Å². The van der Waals surface area contributed by atoms with Gasteiger partial charge in [-0.3, -0.25) is 0 Å². The highest BCUT2D eigenvalue weighted by molar-refractivity contribution is 6.43. The van der Waals surface area contributed by atoms with Crippen LogP contribution in [-0.2, 0) is 28.1 Å². The molecule has 0 amide bonds. The fourth-order valence-electron chi connectivity index (χ4n) is 2.63. The molecule has 3 aliphatic rings. The monoisotopic (exact) mass is 242 g/mol. The molecule has 0 aliphatic carbocycles. The minimum absolute atomic E-state index is 0.153. The second-order valence-electron chi connectivity index (χ2n) is 4.55. The van der Waals surface area contributed by atoms with Crippen LogP contribution in [0.1, 0.15) is 0 Å². The molecule has 0 aromatic rings. The van der Waals surface area contributed by atoms with Gasteiger partial charge in [-0.2, -0.15) is 0 Å². The molecule has 0 N–H and O–H groups in total. The molecular weight excluding hydrogens is 226 g/mol. The van der Waals surface area contributed by atoms with E-state index >= 15 is 0 Å². The van der Waals surface area contributed by atoms with Crippen molar-refractivity contribution in [2.24, 2.45) is 0 Å². The highest BCUT2D eigenvalue weighted by Crippen LogP contribution is 2.35. The maximum absolute atomic E-state index is 5.77. The molecule has 0 aromatic heterocycles. The van der Waals surface area contributed by atoms with Crippen LogP contribution < -0.4 is 0 Å². The van der Waals surface area contributed by atoms with Crippen molar-refractivity contribution in [1.82, 2.24) is 0 Å². The Morgan fingerprint density at radius 2 is 1.71 bits per heavy atom. The molecular formula is C9H16B2O6. The molecule has 3 heterocycles. The quantitative estimate of drug-likeness (QED) is 0.593. The molecule has 8 heteroatoms. The maximum Gasteiger partial charge on any atom is 0.454 e. The second kappa shape index (κ2) is 4.53. The van der Waals surface area contributed by atoms with Gasteiger partial charge >= 0.3 is 14.2 Å². The predicted molar refractivity (Wildman–Crippen MR) is 59.5 cm³/mol. The lowest BCUT2D eigenvalue weighted by atomic mass is 9.88. The summed E-state index contributed by atoms with van der Waals surface area (Å²) in [5.41, 5.74) is 0. The van der Waals surface area contributed by atoms with Crippen molar-refractivity contribution < 1.29 is 28.1 Å². The average molecular weight is 242 g/mol. The molecule has 3 rings (SSSR count). The van der Waals surface area contributed by atoms with Crippen LogP contribution in [0.25, 0.3) is 0 Å². The summed E-state index contributed by atoms with van der Waals surface area (Å²) in [5.74, 6) is 0. The standard InChI is InChI=1S/C9H16B2O6/c1-10-13-4-5-6(15-10)7-8(9(12-3)14-5)17-11(2)16-7/h5-9H,4H2,1-3H3/t5-,6-,7+,8+,9+/m1/s1. The molecule has 3 saturated heterocycles. The number of rotatable bonds is 1. The summed E-state index contributed by atoms with van der Waals surface area (Å²) in [6, 6.07) is 0. The van der Waals surface area contributed by atoms with Gasteiger partial charge in [-0.15, -0.1) is 0 Å². The minimum atomic E-state index is -0.424. The van der Waals surface area contributed by atoms with Gasteiger partial charge in [0.1, 0.15) is 12.2 Å². The van der Waals surface area contributed by atoms with Crippen molar-refractivity contribution in [3.05, 3.63) is 0 Å². The third kappa shape index (κ3) is 2.03. The predicted octanol–water partition coefficient (Wildman–Crippen LogP) is -0.207. The number of hydrogen-bond acceptors (Lipinski definition) is 6. The summed E-state index contributed by atoms with van der Waals surface area (Å²) in [6.07, 6.45) is -1.13. The van der Waals surface area contributed by atoms with Crippen LogP contribution in [0.15, 0.2) is 0 Å². The van der Waals surface area contributed by atoms with Gasteiger partial charge in [0.2, 0.25) is 0 Å². The summed E-state index contributed by atoms with van der Waals surface area (Å²) in [6.45, 7) is 4.22. The zero-order valence-electron chi connectivity index (χ0n) is 10.2. The first kappa shape index (κ1) is 12.0. The highest BCUT2D eigenvalue weighted by atomic mass is 16.8. The molecule has 0 saturated carbocycles. The van der Waals surface area contributed by atoms with Crippen molar-refractivity contribution in [2.75, 3.05) is 13.7 Å².